The van der Waals surface area contributed by atoms with Crippen LogP contribution < -0.4 is 15.4 Å². The van der Waals surface area contributed by atoms with Crippen molar-refractivity contribution < 1.29 is 14.3 Å². The number of nitrogens with one attached hydrogen (secondary N) is 2. The molecule has 2 aromatic rings. The van der Waals surface area contributed by atoms with Crippen LogP contribution in [0.25, 0.3) is 0 Å². The van der Waals surface area contributed by atoms with Crippen molar-refractivity contribution in [2.45, 2.75) is 0 Å². The quantitative estimate of drug-likeness (QED) is 0.589. The second-order valence-corrected chi connectivity index (χ2v) is 5.53. The highest BCUT2D eigenvalue weighted by Gasteiger charge is 2.08. The Hall–Kier alpha value is -2.09. The average Bonchev–Trinajstić information content (AvgIpc) is 2.53. The van der Waals surface area contributed by atoms with Crippen molar-refractivity contribution in [2.75, 3.05) is 13.1 Å². The topological polar surface area (TPSA) is 67.4 Å². The van der Waals surface area contributed by atoms with E-state index in [1.54, 1.807) is 30.3 Å². The van der Waals surface area contributed by atoms with Crippen LogP contribution in [0.5, 0.6) is 5.75 Å². The van der Waals surface area contributed by atoms with Crippen molar-refractivity contribution in [3.8, 4) is 5.75 Å². The number of hydrogen-bond donors (Lipinski definition) is 2. The zero-order chi connectivity index (χ0) is 15.8. The summed E-state index contributed by atoms with van der Waals surface area (Å²) in [6.07, 6.45) is -0.547. The molecule has 0 aromatic heterocycles. The fourth-order valence-electron chi connectivity index (χ4n) is 1.71. The Labute approximate surface area is 142 Å². The number of hydrogen-bond acceptors (Lipinski definition) is 3. The summed E-state index contributed by atoms with van der Waals surface area (Å²) in [6.45, 7) is 0.620. The van der Waals surface area contributed by atoms with Gasteiger partial charge in [-0.05, 0) is 46.9 Å². The Kier molecular flexibility index (Phi) is 6.20. The molecule has 114 valence electrons. The van der Waals surface area contributed by atoms with Crippen LogP contribution in [0.2, 0.25) is 0 Å². The smallest absolute Gasteiger partial charge is 0.410 e. The molecular weight excluding hydrogens is 395 g/mol. The van der Waals surface area contributed by atoms with E-state index < -0.39 is 6.09 Å². The molecule has 0 saturated heterocycles. The summed E-state index contributed by atoms with van der Waals surface area (Å²) < 4.78 is 5.94. The molecule has 0 unspecified atom stereocenters. The Morgan fingerprint density at radius 1 is 0.909 bits per heavy atom. The number of halogens is 1. The van der Waals surface area contributed by atoms with Crippen LogP contribution in [-0.4, -0.2) is 25.1 Å². The van der Waals surface area contributed by atoms with E-state index in [1.807, 2.05) is 24.3 Å². The first-order valence-electron chi connectivity index (χ1n) is 6.70. The van der Waals surface area contributed by atoms with Gasteiger partial charge in [-0.15, -0.1) is 0 Å². The summed E-state index contributed by atoms with van der Waals surface area (Å²) >= 11 is 2.11. The molecule has 0 heterocycles. The van der Waals surface area contributed by atoms with Crippen LogP contribution in [0.1, 0.15) is 10.4 Å². The second-order valence-electron chi connectivity index (χ2n) is 4.37. The van der Waals surface area contributed by atoms with Gasteiger partial charge < -0.3 is 15.4 Å². The zero-order valence-corrected chi connectivity index (χ0v) is 13.9. The van der Waals surface area contributed by atoms with Crippen molar-refractivity contribution in [3.05, 3.63) is 63.7 Å². The third kappa shape index (κ3) is 5.03. The summed E-state index contributed by atoms with van der Waals surface area (Å²) in [5.74, 6) is 0.311. The highest BCUT2D eigenvalue weighted by Crippen LogP contribution is 2.10. The van der Waals surface area contributed by atoms with Crippen LogP contribution in [0.4, 0.5) is 4.79 Å². The Balaban J connectivity index is 1.70. The molecule has 0 aliphatic rings. The van der Waals surface area contributed by atoms with Crippen molar-refractivity contribution >= 4 is 34.6 Å². The zero-order valence-electron chi connectivity index (χ0n) is 11.7. The van der Waals surface area contributed by atoms with Crippen LogP contribution in [-0.2, 0) is 0 Å². The molecule has 2 N–H and O–H groups in total. The third-order valence-corrected chi connectivity index (χ3v) is 3.69. The Morgan fingerprint density at radius 2 is 1.55 bits per heavy atom. The van der Waals surface area contributed by atoms with E-state index in [0.29, 0.717) is 24.4 Å². The van der Waals surface area contributed by atoms with Gasteiger partial charge in [-0.1, -0.05) is 30.3 Å². The molecule has 0 atom stereocenters. The standard InChI is InChI=1S/C16H15IN2O3/c17-14-9-5-4-8-13(14)15(20)18-10-11-19-16(21)22-12-6-2-1-3-7-12/h1-9H,10-11H2,(H,18,20)(H,19,21). The molecule has 0 radical (unpaired) electrons. The number of para-hydroxylation sites is 1. The largest absolute Gasteiger partial charge is 0.412 e. The van der Waals surface area contributed by atoms with E-state index >= 15 is 0 Å². The van der Waals surface area contributed by atoms with Gasteiger partial charge >= 0.3 is 6.09 Å². The minimum Gasteiger partial charge on any atom is -0.410 e. The summed E-state index contributed by atoms with van der Waals surface area (Å²) in [5.41, 5.74) is 0.620. The number of benzene rings is 2. The van der Waals surface area contributed by atoms with Gasteiger partial charge in [0.05, 0.1) is 5.56 Å². The first-order chi connectivity index (χ1) is 10.7. The van der Waals surface area contributed by atoms with Crippen LogP contribution >= 0.6 is 22.6 Å². The van der Waals surface area contributed by atoms with E-state index in [1.165, 1.54) is 0 Å². The van der Waals surface area contributed by atoms with Gasteiger partial charge in [0.25, 0.3) is 5.91 Å². The van der Waals surface area contributed by atoms with Crippen molar-refractivity contribution in [1.29, 1.82) is 0 Å². The molecule has 2 rings (SSSR count). The lowest BCUT2D eigenvalue weighted by molar-refractivity contribution is 0.0952. The molecule has 6 heteroatoms. The van der Waals surface area contributed by atoms with Gasteiger partial charge in [0.2, 0.25) is 0 Å². The van der Waals surface area contributed by atoms with Crippen LogP contribution in [0.15, 0.2) is 54.6 Å². The minimum atomic E-state index is -0.547. The number of amides is 2. The molecule has 2 amide bonds. The first kappa shape index (κ1) is 16.3. The van der Waals surface area contributed by atoms with E-state index in [4.69, 9.17) is 4.74 Å². The van der Waals surface area contributed by atoms with Crippen molar-refractivity contribution in [2.24, 2.45) is 0 Å². The van der Waals surface area contributed by atoms with Gasteiger partial charge in [-0.2, -0.15) is 0 Å². The fourth-order valence-corrected chi connectivity index (χ4v) is 2.35. The van der Waals surface area contributed by atoms with E-state index in [0.717, 1.165) is 3.57 Å². The number of carbonyl (C=O) groups excluding carboxylic acids is 2. The minimum absolute atomic E-state index is 0.164. The molecule has 2 aromatic carbocycles. The first-order valence-corrected chi connectivity index (χ1v) is 7.78. The maximum absolute atomic E-state index is 11.9. The monoisotopic (exact) mass is 410 g/mol. The molecule has 22 heavy (non-hydrogen) atoms. The molecule has 0 aliphatic carbocycles. The Morgan fingerprint density at radius 3 is 2.27 bits per heavy atom. The van der Waals surface area contributed by atoms with Gasteiger partial charge in [-0.25, -0.2) is 4.79 Å². The summed E-state index contributed by atoms with van der Waals surface area (Å²) in [4.78, 5) is 23.5. The van der Waals surface area contributed by atoms with E-state index in [9.17, 15) is 9.59 Å². The predicted octanol–water partition coefficient (Wildman–Crippen LogP) is 2.81. The lowest BCUT2D eigenvalue weighted by Gasteiger charge is -2.08. The van der Waals surface area contributed by atoms with Gasteiger partial charge in [0, 0.05) is 16.7 Å². The molecule has 0 saturated carbocycles. The van der Waals surface area contributed by atoms with Crippen molar-refractivity contribution in [3.63, 3.8) is 0 Å². The predicted molar refractivity (Wildman–Crippen MR) is 92.0 cm³/mol. The summed E-state index contributed by atoms with van der Waals surface area (Å²) in [5, 5.41) is 5.32. The number of rotatable bonds is 5. The fraction of sp³-hybridized carbons (Fsp3) is 0.125. The maximum atomic E-state index is 11.9. The maximum Gasteiger partial charge on any atom is 0.412 e. The normalized spacial score (nSPS) is 9.86. The SMILES string of the molecule is O=C(NCCNC(=O)c1ccccc1I)Oc1ccccc1. The average molecular weight is 410 g/mol. The number of carbonyl (C=O) groups is 2. The lowest BCUT2D eigenvalue weighted by atomic mass is 10.2. The third-order valence-electron chi connectivity index (χ3n) is 2.75. The molecule has 0 spiro atoms. The molecule has 5 nitrogen and oxygen atoms in total. The van der Waals surface area contributed by atoms with E-state index in [2.05, 4.69) is 33.2 Å². The van der Waals surface area contributed by atoms with E-state index in [-0.39, 0.29) is 5.91 Å². The van der Waals surface area contributed by atoms with Gasteiger partial charge in [0.15, 0.2) is 0 Å². The number of ether oxygens (including phenoxy) is 1. The van der Waals surface area contributed by atoms with Crippen molar-refractivity contribution in [1.82, 2.24) is 10.6 Å². The Bertz CT molecular complexity index is 647. The highest BCUT2D eigenvalue weighted by molar-refractivity contribution is 14.1. The van der Waals surface area contributed by atoms with Gasteiger partial charge in [-0.3, -0.25) is 4.79 Å². The molecule has 0 bridgehead atoms. The molecule has 0 fully saturated rings. The summed E-state index contributed by atoms with van der Waals surface area (Å²) in [6, 6.07) is 16.1. The second kappa shape index (κ2) is 8.38. The van der Waals surface area contributed by atoms with Gasteiger partial charge in [0.1, 0.15) is 5.75 Å². The van der Waals surface area contributed by atoms with Crippen LogP contribution in [0, 0.1) is 3.57 Å². The highest BCUT2D eigenvalue weighted by atomic mass is 127. The van der Waals surface area contributed by atoms with Crippen LogP contribution in [0.3, 0.4) is 0 Å². The summed E-state index contributed by atoms with van der Waals surface area (Å²) in [7, 11) is 0. The molecular formula is C16H15IN2O3. The lowest BCUT2D eigenvalue weighted by Crippen LogP contribution is -2.36. The molecule has 0 aliphatic heterocycles.